The number of rotatable bonds is 9. The summed E-state index contributed by atoms with van der Waals surface area (Å²) in [5.74, 6) is -0.391. The van der Waals surface area contributed by atoms with E-state index < -0.39 is 10.1 Å². The molecule has 0 aromatic heterocycles. The van der Waals surface area contributed by atoms with E-state index in [0.717, 1.165) is 11.1 Å². The number of carbonyl (C=O) groups excluding carboxylic acids is 1. The molecule has 6 heteroatoms. The molecule has 0 aliphatic heterocycles. The van der Waals surface area contributed by atoms with Gasteiger partial charge in [0, 0.05) is 0 Å². The maximum absolute atomic E-state index is 12.0. The SMILES string of the molecule is CCOC(=O)Cc1ccc(CCOS(=O)(=O)Cc2ccccc2)cc1. The molecule has 2 rings (SSSR count). The molecule has 0 aliphatic carbocycles. The van der Waals surface area contributed by atoms with Crippen LogP contribution >= 0.6 is 0 Å². The van der Waals surface area contributed by atoms with Crippen molar-refractivity contribution in [3.63, 3.8) is 0 Å². The third-order valence-corrected chi connectivity index (χ3v) is 4.73. The van der Waals surface area contributed by atoms with Gasteiger partial charge in [-0.1, -0.05) is 54.6 Å². The Labute approximate surface area is 148 Å². The van der Waals surface area contributed by atoms with Gasteiger partial charge in [0.05, 0.1) is 19.6 Å². The fourth-order valence-electron chi connectivity index (χ4n) is 2.31. The molecule has 0 N–H and O–H groups in total. The highest BCUT2D eigenvalue weighted by molar-refractivity contribution is 7.85. The molecular formula is C19H22O5S. The third kappa shape index (κ3) is 7.07. The Morgan fingerprint density at radius 1 is 0.920 bits per heavy atom. The molecule has 0 amide bonds. The summed E-state index contributed by atoms with van der Waals surface area (Å²) >= 11 is 0. The Hall–Kier alpha value is -2.18. The fourth-order valence-corrected chi connectivity index (χ4v) is 3.33. The summed E-state index contributed by atoms with van der Waals surface area (Å²) in [5.41, 5.74) is 2.51. The average molecular weight is 362 g/mol. The largest absolute Gasteiger partial charge is 0.466 e. The summed E-state index contributed by atoms with van der Waals surface area (Å²) in [5, 5.41) is 0. The van der Waals surface area contributed by atoms with Gasteiger partial charge >= 0.3 is 5.97 Å². The number of ether oxygens (including phenoxy) is 1. The van der Waals surface area contributed by atoms with Crippen LogP contribution in [-0.4, -0.2) is 27.6 Å². The predicted octanol–water partition coefficient (Wildman–Crippen LogP) is 2.88. The Morgan fingerprint density at radius 3 is 2.20 bits per heavy atom. The van der Waals surface area contributed by atoms with Crippen molar-refractivity contribution in [3.8, 4) is 0 Å². The highest BCUT2D eigenvalue weighted by Gasteiger charge is 2.12. The van der Waals surface area contributed by atoms with Crippen molar-refractivity contribution in [2.75, 3.05) is 13.2 Å². The Balaban J connectivity index is 1.80. The zero-order chi connectivity index (χ0) is 18.1. The molecular weight excluding hydrogens is 340 g/mol. The lowest BCUT2D eigenvalue weighted by Crippen LogP contribution is -2.11. The summed E-state index contributed by atoms with van der Waals surface area (Å²) < 4.78 is 33.9. The van der Waals surface area contributed by atoms with Crippen molar-refractivity contribution < 1.29 is 22.1 Å². The van der Waals surface area contributed by atoms with Gasteiger partial charge in [-0.2, -0.15) is 8.42 Å². The van der Waals surface area contributed by atoms with E-state index >= 15 is 0 Å². The van der Waals surface area contributed by atoms with Crippen molar-refractivity contribution in [2.45, 2.75) is 25.5 Å². The number of esters is 1. The van der Waals surface area contributed by atoms with Crippen LogP contribution < -0.4 is 0 Å². The molecule has 2 aromatic rings. The first-order valence-corrected chi connectivity index (χ1v) is 9.70. The molecule has 0 aliphatic rings. The molecule has 0 bridgehead atoms. The van der Waals surface area contributed by atoms with Gasteiger partial charge in [0.2, 0.25) is 0 Å². The average Bonchev–Trinajstić information content (AvgIpc) is 2.57. The molecule has 0 radical (unpaired) electrons. The van der Waals surface area contributed by atoms with E-state index in [2.05, 4.69) is 0 Å². The number of hydrogen-bond donors (Lipinski definition) is 0. The monoisotopic (exact) mass is 362 g/mol. The van der Waals surface area contributed by atoms with Crippen LogP contribution in [0.3, 0.4) is 0 Å². The lowest BCUT2D eigenvalue weighted by atomic mass is 10.1. The highest BCUT2D eigenvalue weighted by atomic mass is 32.2. The summed E-state index contributed by atoms with van der Waals surface area (Å²) in [7, 11) is -3.60. The van der Waals surface area contributed by atoms with E-state index in [-0.39, 0.29) is 24.7 Å². The van der Waals surface area contributed by atoms with Crippen LogP contribution in [0.4, 0.5) is 0 Å². The molecule has 0 fully saturated rings. The van der Waals surface area contributed by atoms with E-state index in [4.69, 9.17) is 8.92 Å². The maximum atomic E-state index is 12.0. The number of carbonyl (C=O) groups is 1. The van der Waals surface area contributed by atoms with Crippen LogP contribution in [-0.2, 0) is 42.4 Å². The molecule has 0 heterocycles. The van der Waals surface area contributed by atoms with Crippen LogP contribution in [0.2, 0.25) is 0 Å². The lowest BCUT2D eigenvalue weighted by Gasteiger charge is -2.07. The van der Waals surface area contributed by atoms with Gasteiger partial charge < -0.3 is 4.74 Å². The maximum Gasteiger partial charge on any atom is 0.310 e. The van der Waals surface area contributed by atoms with Crippen molar-refractivity contribution in [1.82, 2.24) is 0 Å². The molecule has 2 aromatic carbocycles. The molecule has 0 atom stereocenters. The lowest BCUT2D eigenvalue weighted by molar-refractivity contribution is -0.142. The molecule has 5 nitrogen and oxygen atoms in total. The zero-order valence-electron chi connectivity index (χ0n) is 14.2. The van der Waals surface area contributed by atoms with Crippen molar-refractivity contribution in [1.29, 1.82) is 0 Å². The minimum atomic E-state index is -3.60. The van der Waals surface area contributed by atoms with Gasteiger partial charge in [-0.15, -0.1) is 0 Å². The van der Waals surface area contributed by atoms with E-state index in [1.165, 1.54) is 0 Å². The Morgan fingerprint density at radius 2 is 1.56 bits per heavy atom. The van der Waals surface area contributed by atoms with Gasteiger partial charge in [0.1, 0.15) is 5.75 Å². The van der Waals surface area contributed by atoms with Gasteiger partial charge in [0.25, 0.3) is 10.1 Å². The van der Waals surface area contributed by atoms with E-state index in [0.29, 0.717) is 18.6 Å². The first-order valence-electron chi connectivity index (χ1n) is 8.13. The van der Waals surface area contributed by atoms with E-state index in [9.17, 15) is 13.2 Å². The minimum absolute atomic E-state index is 0.0897. The van der Waals surface area contributed by atoms with Crippen LogP contribution in [0.15, 0.2) is 54.6 Å². The Kier molecular flexibility index (Phi) is 7.16. The summed E-state index contributed by atoms with van der Waals surface area (Å²) in [4.78, 5) is 11.4. The third-order valence-electron chi connectivity index (χ3n) is 3.52. The van der Waals surface area contributed by atoms with Crippen molar-refractivity contribution in [3.05, 3.63) is 71.3 Å². The van der Waals surface area contributed by atoms with Gasteiger partial charge in [0.15, 0.2) is 0 Å². The van der Waals surface area contributed by atoms with Gasteiger partial charge in [-0.3, -0.25) is 8.98 Å². The number of hydrogen-bond acceptors (Lipinski definition) is 5. The molecule has 0 saturated heterocycles. The topological polar surface area (TPSA) is 69.7 Å². The van der Waals surface area contributed by atoms with Crippen LogP contribution in [0.25, 0.3) is 0 Å². The normalized spacial score (nSPS) is 11.2. The summed E-state index contributed by atoms with van der Waals surface area (Å²) in [6, 6.07) is 16.3. The van der Waals surface area contributed by atoms with Gasteiger partial charge in [-0.25, -0.2) is 0 Å². The second kappa shape index (κ2) is 9.34. The van der Waals surface area contributed by atoms with E-state index in [1.807, 2.05) is 30.3 Å². The molecule has 0 saturated carbocycles. The second-order valence-electron chi connectivity index (χ2n) is 5.56. The molecule has 134 valence electrons. The van der Waals surface area contributed by atoms with Crippen LogP contribution in [0.1, 0.15) is 23.6 Å². The quantitative estimate of drug-likeness (QED) is 0.507. The van der Waals surface area contributed by atoms with E-state index in [1.54, 1.807) is 31.2 Å². The van der Waals surface area contributed by atoms with Crippen LogP contribution in [0, 0.1) is 0 Å². The molecule has 0 spiro atoms. The van der Waals surface area contributed by atoms with Crippen molar-refractivity contribution >= 4 is 16.1 Å². The zero-order valence-corrected chi connectivity index (χ0v) is 15.0. The first kappa shape index (κ1) is 19.1. The van der Waals surface area contributed by atoms with Crippen molar-refractivity contribution in [2.24, 2.45) is 0 Å². The highest BCUT2D eigenvalue weighted by Crippen LogP contribution is 2.10. The predicted molar refractivity (Wildman–Crippen MR) is 95.5 cm³/mol. The summed E-state index contributed by atoms with van der Waals surface area (Å²) in [6.07, 6.45) is 0.712. The summed E-state index contributed by atoms with van der Waals surface area (Å²) in [6.45, 7) is 2.23. The Bertz CT molecular complexity index is 767. The van der Waals surface area contributed by atoms with Crippen LogP contribution in [0.5, 0.6) is 0 Å². The standard InChI is InChI=1S/C19H22O5S/c1-2-23-19(20)14-17-10-8-16(9-11-17)12-13-24-25(21,22)15-18-6-4-3-5-7-18/h3-11H,2,12-15H2,1H3. The van der Waals surface area contributed by atoms with Gasteiger partial charge in [-0.05, 0) is 30.0 Å². The second-order valence-corrected chi connectivity index (χ2v) is 7.20. The molecule has 0 unspecified atom stereocenters. The molecule has 25 heavy (non-hydrogen) atoms. The first-order chi connectivity index (χ1) is 12.0. The minimum Gasteiger partial charge on any atom is -0.466 e. The number of benzene rings is 2. The fraction of sp³-hybridized carbons (Fsp3) is 0.316. The smallest absolute Gasteiger partial charge is 0.310 e.